The van der Waals surface area contributed by atoms with Crippen molar-refractivity contribution in [2.45, 2.75) is 84.0 Å². The van der Waals surface area contributed by atoms with Crippen molar-refractivity contribution in [3.8, 4) is 0 Å². The number of phosphoric ester groups is 1. The van der Waals surface area contributed by atoms with Crippen LogP contribution < -0.4 is 68.9 Å². The minimum atomic E-state index is -4.75. The maximum atomic E-state index is 10.2. The van der Waals surface area contributed by atoms with Crippen molar-refractivity contribution in [3.63, 3.8) is 0 Å². The molecule has 21 heavy (non-hydrogen) atoms. The predicted octanol–water partition coefficient (Wildman–Crippen LogP) is -2.46. The number of hydrogen-bond donors (Lipinski definition) is 0. The molecule has 0 saturated heterocycles. The Morgan fingerprint density at radius 1 is 0.714 bits per heavy atom. The molecule has 0 spiro atoms. The van der Waals surface area contributed by atoms with Gasteiger partial charge in [-0.15, -0.1) is 0 Å². The van der Waals surface area contributed by atoms with Crippen LogP contribution in [0.15, 0.2) is 0 Å². The molecule has 0 saturated carbocycles. The molecule has 0 N–H and O–H groups in total. The fraction of sp³-hybridized carbons (Fsp3) is 1.00. The molecule has 4 nitrogen and oxygen atoms in total. The van der Waals surface area contributed by atoms with Crippen LogP contribution in [0.4, 0.5) is 0 Å². The molecular weight excluding hydrogens is 309 g/mol. The first kappa shape index (κ1) is 27.9. The normalized spacial score (nSPS) is 10.8. The maximum absolute atomic E-state index is 10.2. The van der Waals surface area contributed by atoms with Gasteiger partial charge in [0.2, 0.25) is 0 Å². The molecule has 0 fully saturated rings. The first-order valence-corrected chi connectivity index (χ1v) is 9.19. The van der Waals surface area contributed by atoms with Gasteiger partial charge in [0.1, 0.15) is 0 Å². The summed E-state index contributed by atoms with van der Waals surface area (Å²) in [5.41, 5.74) is 0. The molecule has 0 aliphatic heterocycles. The second-order valence-corrected chi connectivity index (χ2v) is 6.32. The number of rotatable bonds is 14. The SMILES string of the molecule is CCCCCCCCCCCCCCOP(=O)([O-])[O-].[Na+].[Na+]. The van der Waals surface area contributed by atoms with Gasteiger partial charge in [-0.2, -0.15) is 0 Å². The zero-order valence-corrected chi connectivity index (χ0v) is 19.2. The van der Waals surface area contributed by atoms with Crippen molar-refractivity contribution >= 4 is 7.82 Å². The molecule has 0 aliphatic carbocycles. The molecule has 0 aliphatic rings. The fourth-order valence-corrected chi connectivity index (χ4v) is 2.47. The van der Waals surface area contributed by atoms with E-state index in [1.807, 2.05) is 0 Å². The van der Waals surface area contributed by atoms with Crippen LogP contribution in [-0.4, -0.2) is 6.61 Å². The topological polar surface area (TPSA) is 72.4 Å². The Bertz CT molecular complexity index is 237. The average Bonchev–Trinajstić information content (AvgIpc) is 2.34. The monoisotopic (exact) mass is 338 g/mol. The van der Waals surface area contributed by atoms with E-state index in [-0.39, 0.29) is 65.7 Å². The summed E-state index contributed by atoms with van der Waals surface area (Å²) in [6.07, 6.45) is 14.6. The average molecular weight is 338 g/mol. The summed E-state index contributed by atoms with van der Waals surface area (Å²) in [6, 6.07) is 0. The minimum Gasteiger partial charge on any atom is -0.790 e. The molecule has 0 heterocycles. The third-order valence-electron chi connectivity index (χ3n) is 3.25. The van der Waals surface area contributed by atoms with E-state index in [0.29, 0.717) is 6.42 Å². The largest absolute Gasteiger partial charge is 1.00 e. The summed E-state index contributed by atoms with van der Waals surface area (Å²) in [5, 5.41) is 0. The van der Waals surface area contributed by atoms with Gasteiger partial charge in [0.15, 0.2) is 0 Å². The molecule has 0 amide bonds. The first-order chi connectivity index (χ1) is 9.06. The molecule has 0 unspecified atom stereocenters. The Kier molecular flexibility index (Phi) is 26.8. The van der Waals surface area contributed by atoms with Gasteiger partial charge in [0.25, 0.3) is 0 Å². The Hall–Kier alpha value is 2.11. The minimum absolute atomic E-state index is 0. The molecule has 0 aromatic rings. The summed E-state index contributed by atoms with van der Waals surface area (Å²) in [6.45, 7) is 2.28. The first-order valence-electron chi connectivity index (χ1n) is 7.73. The van der Waals surface area contributed by atoms with E-state index in [0.717, 1.165) is 12.8 Å². The van der Waals surface area contributed by atoms with Crippen molar-refractivity contribution in [3.05, 3.63) is 0 Å². The van der Waals surface area contributed by atoms with Crippen LogP contribution in [-0.2, 0) is 9.09 Å². The number of unbranched alkanes of at least 4 members (excludes halogenated alkanes) is 11. The van der Waals surface area contributed by atoms with Crippen molar-refractivity contribution in [2.24, 2.45) is 0 Å². The van der Waals surface area contributed by atoms with Crippen molar-refractivity contribution in [1.29, 1.82) is 0 Å². The van der Waals surface area contributed by atoms with Gasteiger partial charge in [-0.3, -0.25) is 0 Å². The van der Waals surface area contributed by atoms with E-state index in [1.165, 1.54) is 57.8 Å². The Labute approximate surface area is 175 Å². The van der Waals surface area contributed by atoms with Gasteiger partial charge < -0.3 is 18.9 Å². The zero-order valence-electron chi connectivity index (χ0n) is 14.3. The van der Waals surface area contributed by atoms with Gasteiger partial charge in [-0.05, 0) is 6.42 Å². The molecule has 7 heteroatoms. The van der Waals surface area contributed by atoms with Gasteiger partial charge >= 0.3 is 59.1 Å². The molecule has 0 rings (SSSR count). The molecule has 0 atom stereocenters. The molecule has 0 radical (unpaired) electrons. The van der Waals surface area contributed by atoms with Crippen LogP contribution in [0.5, 0.6) is 0 Å². The van der Waals surface area contributed by atoms with Crippen LogP contribution in [0.3, 0.4) is 0 Å². The number of hydrogen-bond acceptors (Lipinski definition) is 4. The van der Waals surface area contributed by atoms with Crippen LogP contribution >= 0.6 is 7.82 Å². The number of phosphoric acid groups is 1. The van der Waals surface area contributed by atoms with Gasteiger partial charge in [-0.1, -0.05) is 77.6 Å². The maximum Gasteiger partial charge on any atom is 1.00 e. The van der Waals surface area contributed by atoms with Crippen LogP contribution in [0, 0.1) is 0 Å². The standard InChI is InChI=1S/C14H31O4P.2Na/c1-2-3-4-5-6-7-8-9-10-11-12-13-14-18-19(15,16)17;;/h2-14H2,1H3,(H2,15,16,17);;/q;2*+1/p-2. The van der Waals surface area contributed by atoms with Crippen LogP contribution in [0.1, 0.15) is 84.0 Å². The quantitative estimate of drug-likeness (QED) is 0.200. The van der Waals surface area contributed by atoms with E-state index in [1.54, 1.807) is 0 Å². The van der Waals surface area contributed by atoms with Gasteiger partial charge in [0.05, 0.1) is 14.4 Å². The zero-order chi connectivity index (χ0) is 14.4. The van der Waals surface area contributed by atoms with E-state index in [2.05, 4.69) is 11.4 Å². The van der Waals surface area contributed by atoms with E-state index < -0.39 is 7.82 Å². The molecule has 0 aromatic heterocycles. The van der Waals surface area contributed by atoms with E-state index >= 15 is 0 Å². The summed E-state index contributed by atoms with van der Waals surface area (Å²) in [5.74, 6) is 0. The Morgan fingerprint density at radius 2 is 1.05 bits per heavy atom. The van der Waals surface area contributed by atoms with Crippen LogP contribution in [0.25, 0.3) is 0 Å². The summed E-state index contributed by atoms with van der Waals surface area (Å²) in [7, 11) is -4.75. The summed E-state index contributed by atoms with van der Waals surface area (Å²) < 4.78 is 14.3. The Balaban J connectivity index is -0.00000162. The smallest absolute Gasteiger partial charge is 0.790 e. The second-order valence-electron chi connectivity index (χ2n) is 5.17. The second kappa shape index (κ2) is 20.2. The van der Waals surface area contributed by atoms with Gasteiger partial charge in [-0.25, -0.2) is 0 Å². The van der Waals surface area contributed by atoms with E-state index in [9.17, 15) is 14.4 Å². The van der Waals surface area contributed by atoms with Gasteiger partial charge in [0, 0.05) is 0 Å². The molecule has 0 aromatic carbocycles. The van der Waals surface area contributed by atoms with Crippen LogP contribution in [0.2, 0.25) is 0 Å². The molecular formula is C14H29Na2O4P. The van der Waals surface area contributed by atoms with Crippen molar-refractivity contribution < 1.29 is 78.0 Å². The Morgan fingerprint density at radius 3 is 1.38 bits per heavy atom. The van der Waals surface area contributed by atoms with E-state index in [4.69, 9.17) is 0 Å². The summed E-state index contributed by atoms with van der Waals surface area (Å²) >= 11 is 0. The summed E-state index contributed by atoms with van der Waals surface area (Å²) in [4.78, 5) is 20.4. The van der Waals surface area contributed by atoms with Crippen molar-refractivity contribution in [1.82, 2.24) is 0 Å². The molecule has 0 bridgehead atoms. The van der Waals surface area contributed by atoms with Crippen molar-refractivity contribution in [2.75, 3.05) is 6.61 Å². The third kappa shape index (κ3) is 27.3. The fourth-order valence-electron chi connectivity index (χ4n) is 2.12. The predicted molar refractivity (Wildman–Crippen MR) is 74.6 cm³/mol. The third-order valence-corrected chi connectivity index (χ3v) is 3.75. The molecule has 116 valence electrons.